The van der Waals surface area contributed by atoms with Gasteiger partial charge in [0.1, 0.15) is 12.8 Å². The van der Waals surface area contributed by atoms with Crippen molar-refractivity contribution in [2.24, 2.45) is 7.05 Å². The van der Waals surface area contributed by atoms with Gasteiger partial charge in [0, 0.05) is 18.6 Å². The van der Waals surface area contributed by atoms with Gasteiger partial charge in [-0.2, -0.15) is 0 Å². The quantitative estimate of drug-likeness (QED) is 0.402. The van der Waals surface area contributed by atoms with Crippen LogP contribution in [0, 0.1) is 0 Å². The molecule has 1 heterocycles. The SMILES string of the molecule is CO[PH](=O)Oc1ccc2ccc[n+](C)c2c1.[I-]. The summed E-state index contributed by atoms with van der Waals surface area (Å²) in [6, 6.07) is 9.54. The average Bonchev–Trinajstić information content (AvgIpc) is 2.30. The van der Waals surface area contributed by atoms with Gasteiger partial charge in [0.15, 0.2) is 6.20 Å². The molecule has 0 fully saturated rings. The Morgan fingerprint density at radius 3 is 2.76 bits per heavy atom. The van der Waals surface area contributed by atoms with Crippen molar-refractivity contribution in [3.63, 3.8) is 0 Å². The Labute approximate surface area is 118 Å². The molecule has 0 N–H and O–H groups in total. The van der Waals surface area contributed by atoms with Crippen molar-refractivity contribution in [3.8, 4) is 5.75 Å². The minimum atomic E-state index is -2.42. The van der Waals surface area contributed by atoms with Crippen LogP contribution in [0.25, 0.3) is 10.9 Å². The minimum Gasteiger partial charge on any atom is -1.00 e. The van der Waals surface area contributed by atoms with E-state index in [2.05, 4.69) is 4.52 Å². The highest BCUT2D eigenvalue weighted by Crippen LogP contribution is 2.28. The molecule has 0 spiro atoms. The number of hydrogen-bond acceptors (Lipinski definition) is 3. The number of benzene rings is 1. The second-order valence-electron chi connectivity index (χ2n) is 3.40. The van der Waals surface area contributed by atoms with E-state index in [4.69, 9.17) is 4.52 Å². The van der Waals surface area contributed by atoms with E-state index >= 15 is 0 Å². The highest BCUT2D eigenvalue weighted by Gasteiger charge is 2.07. The summed E-state index contributed by atoms with van der Waals surface area (Å²) in [5, 5.41) is 1.11. The minimum absolute atomic E-state index is 0. The second kappa shape index (κ2) is 6.33. The van der Waals surface area contributed by atoms with Gasteiger partial charge in [-0.05, 0) is 18.2 Å². The van der Waals surface area contributed by atoms with Crippen LogP contribution < -0.4 is 33.1 Å². The summed E-state index contributed by atoms with van der Waals surface area (Å²) in [4.78, 5) is 0. The van der Waals surface area contributed by atoms with Gasteiger partial charge >= 0.3 is 8.25 Å². The third-order valence-electron chi connectivity index (χ3n) is 2.34. The highest BCUT2D eigenvalue weighted by molar-refractivity contribution is 7.33. The lowest BCUT2D eigenvalue weighted by Gasteiger charge is -2.04. The molecule has 17 heavy (non-hydrogen) atoms. The van der Waals surface area contributed by atoms with Crippen LogP contribution in [0.2, 0.25) is 0 Å². The fourth-order valence-corrected chi connectivity index (χ4v) is 1.93. The van der Waals surface area contributed by atoms with Crippen molar-refractivity contribution >= 4 is 19.2 Å². The lowest BCUT2D eigenvalue weighted by atomic mass is 10.2. The van der Waals surface area contributed by atoms with Crippen LogP contribution in [0.5, 0.6) is 5.75 Å². The van der Waals surface area contributed by atoms with Crippen molar-refractivity contribution in [2.45, 2.75) is 0 Å². The highest BCUT2D eigenvalue weighted by atomic mass is 127. The zero-order chi connectivity index (χ0) is 11.5. The Morgan fingerprint density at radius 2 is 2.06 bits per heavy atom. The Balaban J connectivity index is 0.00000144. The van der Waals surface area contributed by atoms with E-state index in [1.165, 1.54) is 7.11 Å². The fourth-order valence-electron chi connectivity index (χ4n) is 1.53. The molecule has 0 saturated carbocycles. The van der Waals surface area contributed by atoms with Crippen molar-refractivity contribution < 1.29 is 42.2 Å². The van der Waals surface area contributed by atoms with E-state index in [9.17, 15) is 4.57 Å². The molecule has 0 aliphatic rings. The Morgan fingerprint density at radius 1 is 1.29 bits per heavy atom. The predicted octanol–water partition coefficient (Wildman–Crippen LogP) is -0.917. The van der Waals surface area contributed by atoms with Gasteiger partial charge in [0.05, 0.1) is 6.07 Å². The maximum Gasteiger partial charge on any atom is 0.367 e. The molecule has 0 radical (unpaired) electrons. The maximum atomic E-state index is 11.1. The zero-order valence-corrected chi connectivity index (χ0v) is 12.7. The molecule has 2 aromatic rings. The topological polar surface area (TPSA) is 39.4 Å². The molecule has 4 nitrogen and oxygen atoms in total. The molecule has 0 amide bonds. The molecule has 92 valence electrons. The van der Waals surface area contributed by atoms with Crippen LogP contribution in [0.4, 0.5) is 0 Å². The van der Waals surface area contributed by atoms with Crippen LogP contribution in [0.15, 0.2) is 36.5 Å². The molecule has 0 saturated heterocycles. The molecule has 1 unspecified atom stereocenters. The number of fused-ring (bicyclic) bond motifs is 1. The van der Waals surface area contributed by atoms with Crippen LogP contribution >= 0.6 is 8.25 Å². The van der Waals surface area contributed by atoms with E-state index in [-0.39, 0.29) is 24.0 Å². The number of hydrogen-bond donors (Lipinski definition) is 0. The van der Waals surface area contributed by atoms with Crippen molar-refractivity contribution in [1.29, 1.82) is 0 Å². The second-order valence-corrected chi connectivity index (χ2v) is 4.51. The first-order valence-corrected chi connectivity index (χ1v) is 6.07. The van der Waals surface area contributed by atoms with Gasteiger partial charge in [-0.3, -0.25) is 0 Å². The van der Waals surface area contributed by atoms with Gasteiger partial charge in [-0.25, -0.2) is 9.13 Å². The average molecular weight is 365 g/mol. The van der Waals surface area contributed by atoms with Gasteiger partial charge in [0.2, 0.25) is 5.52 Å². The van der Waals surface area contributed by atoms with Crippen LogP contribution in [0.3, 0.4) is 0 Å². The van der Waals surface area contributed by atoms with Gasteiger partial charge in [0.25, 0.3) is 0 Å². The molecule has 1 aromatic carbocycles. The largest absolute Gasteiger partial charge is 1.00 e. The lowest BCUT2D eigenvalue weighted by Crippen LogP contribution is -3.00. The smallest absolute Gasteiger partial charge is 0.367 e. The third-order valence-corrected chi connectivity index (χ3v) is 3.07. The number of pyridine rings is 1. The van der Waals surface area contributed by atoms with E-state index in [1.54, 1.807) is 6.07 Å². The summed E-state index contributed by atoms with van der Waals surface area (Å²) in [6.45, 7) is 0. The number of halogens is 1. The zero-order valence-electron chi connectivity index (χ0n) is 9.51. The van der Waals surface area contributed by atoms with Gasteiger partial charge < -0.3 is 33.0 Å². The van der Waals surface area contributed by atoms with Crippen molar-refractivity contribution in [1.82, 2.24) is 0 Å². The summed E-state index contributed by atoms with van der Waals surface area (Å²) >= 11 is 0. The van der Waals surface area contributed by atoms with Crippen molar-refractivity contribution in [3.05, 3.63) is 36.5 Å². The summed E-state index contributed by atoms with van der Waals surface area (Å²) < 4.78 is 22.9. The molecule has 0 aliphatic carbocycles. The Kier molecular flexibility index (Phi) is 5.36. The molecule has 6 heteroatoms. The first-order chi connectivity index (χ1) is 7.70. The standard InChI is InChI=1S/C11H13NO3P.HI/c1-12-7-3-4-9-5-6-10(8-11(9)12)15-16(13)14-2;/h3-8,16H,1-2H3;1H/q+1;/p-1. The maximum absolute atomic E-state index is 11.1. The number of nitrogens with zero attached hydrogens (tertiary/aromatic N) is 1. The van der Waals surface area contributed by atoms with Crippen LogP contribution in [0.1, 0.15) is 0 Å². The first kappa shape index (κ1) is 14.4. The van der Waals surface area contributed by atoms with Crippen molar-refractivity contribution in [2.75, 3.05) is 7.11 Å². The summed E-state index contributed by atoms with van der Waals surface area (Å²) in [5.74, 6) is 0.556. The number of aromatic nitrogens is 1. The summed E-state index contributed by atoms with van der Waals surface area (Å²) in [5.41, 5.74) is 1.02. The van der Waals surface area contributed by atoms with Gasteiger partial charge in [-0.15, -0.1) is 0 Å². The first-order valence-electron chi connectivity index (χ1n) is 4.85. The Hall–Kier alpha value is -0.650. The van der Waals surface area contributed by atoms with E-state index in [0.29, 0.717) is 5.75 Å². The molecule has 1 aromatic heterocycles. The molecule has 1 atom stereocenters. The summed E-state index contributed by atoms with van der Waals surface area (Å²) in [7, 11) is 0.892. The third kappa shape index (κ3) is 3.40. The molecule has 0 aliphatic heterocycles. The summed E-state index contributed by atoms with van der Waals surface area (Å²) in [6.07, 6.45) is 1.95. The van der Waals surface area contributed by atoms with E-state index in [0.717, 1.165) is 10.9 Å². The normalized spacial score (nSPS) is 11.9. The Bertz CT molecular complexity index is 547. The number of rotatable bonds is 3. The monoisotopic (exact) mass is 365 g/mol. The van der Waals surface area contributed by atoms with Crippen LogP contribution in [-0.2, 0) is 16.1 Å². The van der Waals surface area contributed by atoms with E-state index in [1.807, 2.05) is 42.1 Å². The molecule has 0 bridgehead atoms. The van der Waals surface area contributed by atoms with E-state index < -0.39 is 8.25 Å². The molecular weight excluding hydrogens is 352 g/mol. The lowest BCUT2D eigenvalue weighted by molar-refractivity contribution is -0.644. The molecule has 2 rings (SSSR count). The fraction of sp³-hybridized carbons (Fsp3) is 0.182. The van der Waals surface area contributed by atoms with Gasteiger partial charge in [-0.1, -0.05) is 0 Å². The number of aryl methyl sites for hydroxylation is 1. The van der Waals surface area contributed by atoms with Crippen LogP contribution in [-0.4, -0.2) is 7.11 Å². The molecular formula is C11H13INO3P. The predicted molar refractivity (Wildman–Crippen MR) is 61.8 cm³/mol.